The maximum absolute atomic E-state index is 6.39. The molecule has 0 N–H and O–H groups in total. The van der Waals surface area contributed by atoms with Gasteiger partial charge in [0.05, 0.1) is 5.70 Å². The van der Waals surface area contributed by atoms with Gasteiger partial charge < -0.3 is 9.64 Å². The second-order valence-corrected chi connectivity index (χ2v) is 6.60. The van der Waals surface area contributed by atoms with Crippen molar-refractivity contribution < 1.29 is 4.74 Å². The molecule has 0 saturated carbocycles. The van der Waals surface area contributed by atoms with Crippen LogP contribution in [0.4, 0.5) is 0 Å². The van der Waals surface area contributed by atoms with Crippen molar-refractivity contribution in [2.45, 2.75) is 39.2 Å². The van der Waals surface area contributed by atoms with E-state index < -0.39 is 0 Å². The van der Waals surface area contributed by atoms with Crippen molar-refractivity contribution in [2.24, 2.45) is 4.99 Å². The van der Waals surface area contributed by atoms with E-state index in [2.05, 4.69) is 68.2 Å². The zero-order valence-corrected chi connectivity index (χ0v) is 14.6. The third-order valence-corrected chi connectivity index (χ3v) is 5.19. The summed E-state index contributed by atoms with van der Waals surface area (Å²) in [4.78, 5) is 7.36. The number of allylic oxidation sites excluding steroid dienone is 4. The van der Waals surface area contributed by atoms with Gasteiger partial charge in [-0.3, -0.25) is 0 Å². The first-order valence-electron chi connectivity index (χ1n) is 8.93. The predicted molar refractivity (Wildman–Crippen MR) is 98.1 cm³/mol. The zero-order chi connectivity index (χ0) is 16.7. The summed E-state index contributed by atoms with van der Waals surface area (Å²) >= 11 is 0. The highest BCUT2D eigenvalue weighted by Gasteiger charge is 2.33. The second-order valence-electron chi connectivity index (χ2n) is 6.60. The van der Waals surface area contributed by atoms with Crippen molar-refractivity contribution in [3.63, 3.8) is 0 Å². The number of nitrogens with zero attached hydrogens (tertiary/aromatic N) is 2. The third kappa shape index (κ3) is 2.39. The molecule has 2 aliphatic carbocycles. The van der Waals surface area contributed by atoms with Crippen molar-refractivity contribution in [3.05, 3.63) is 70.8 Å². The molecule has 1 heterocycles. The maximum Gasteiger partial charge on any atom is 0.146 e. The fourth-order valence-electron chi connectivity index (χ4n) is 3.86. The summed E-state index contributed by atoms with van der Waals surface area (Å²) in [6.07, 6.45) is 7.49. The van der Waals surface area contributed by atoms with Gasteiger partial charge in [-0.2, -0.15) is 0 Å². The van der Waals surface area contributed by atoms with E-state index in [1.807, 2.05) is 0 Å². The van der Waals surface area contributed by atoms with E-state index in [0.29, 0.717) is 5.92 Å². The molecule has 0 saturated heterocycles. The van der Waals surface area contributed by atoms with Crippen LogP contribution in [0, 0.1) is 0 Å². The molecule has 1 aromatic carbocycles. The fraction of sp³-hybridized carbons (Fsp3) is 0.381. The summed E-state index contributed by atoms with van der Waals surface area (Å²) in [7, 11) is 0. The Kier molecular flexibility index (Phi) is 3.79. The van der Waals surface area contributed by atoms with Crippen molar-refractivity contribution in [2.75, 3.05) is 13.1 Å². The zero-order valence-electron chi connectivity index (χ0n) is 14.6. The van der Waals surface area contributed by atoms with E-state index >= 15 is 0 Å². The Labute approximate surface area is 144 Å². The smallest absolute Gasteiger partial charge is 0.146 e. The molecule has 124 valence electrons. The topological polar surface area (TPSA) is 24.8 Å². The monoisotopic (exact) mass is 320 g/mol. The Morgan fingerprint density at radius 2 is 1.96 bits per heavy atom. The molecule has 3 aliphatic rings. The molecule has 0 spiro atoms. The van der Waals surface area contributed by atoms with Crippen molar-refractivity contribution in [3.8, 4) is 0 Å². The van der Waals surface area contributed by atoms with Gasteiger partial charge in [0, 0.05) is 36.7 Å². The SMILES string of the molecule is CCN(CC)C1=CC=C2N=C3C(=CC(C)c4ccccc43)OC2C1. The number of ether oxygens (including phenoxy) is 1. The molecule has 0 bridgehead atoms. The first-order valence-corrected chi connectivity index (χ1v) is 8.93. The molecule has 2 atom stereocenters. The first-order chi connectivity index (χ1) is 11.7. The Bertz CT molecular complexity index is 781. The lowest BCUT2D eigenvalue weighted by Crippen LogP contribution is -2.33. The number of benzene rings is 1. The summed E-state index contributed by atoms with van der Waals surface area (Å²) in [5.74, 6) is 1.31. The largest absolute Gasteiger partial charge is 0.482 e. The Hall–Kier alpha value is -2.29. The lowest BCUT2D eigenvalue weighted by atomic mass is 9.86. The molecule has 0 amide bonds. The summed E-state index contributed by atoms with van der Waals surface area (Å²) in [5.41, 5.74) is 5.92. The molecule has 24 heavy (non-hydrogen) atoms. The van der Waals surface area contributed by atoms with E-state index in [1.54, 1.807) is 0 Å². The molecule has 1 aliphatic heterocycles. The van der Waals surface area contributed by atoms with E-state index in [9.17, 15) is 0 Å². The van der Waals surface area contributed by atoms with Crippen LogP contribution in [0.5, 0.6) is 0 Å². The highest BCUT2D eigenvalue weighted by molar-refractivity contribution is 6.14. The normalized spacial score (nSPS) is 24.3. The van der Waals surface area contributed by atoms with Crippen LogP contribution in [0.1, 0.15) is 44.2 Å². The number of fused-ring (bicyclic) bond motifs is 4. The minimum Gasteiger partial charge on any atom is -0.482 e. The van der Waals surface area contributed by atoms with E-state index in [4.69, 9.17) is 9.73 Å². The molecule has 4 rings (SSSR count). The van der Waals surface area contributed by atoms with Gasteiger partial charge in [-0.25, -0.2) is 4.99 Å². The van der Waals surface area contributed by atoms with Gasteiger partial charge in [0.15, 0.2) is 0 Å². The highest BCUT2D eigenvalue weighted by atomic mass is 16.5. The summed E-state index contributed by atoms with van der Waals surface area (Å²) in [6, 6.07) is 8.52. The van der Waals surface area contributed by atoms with Crippen LogP contribution in [-0.4, -0.2) is 29.8 Å². The third-order valence-electron chi connectivity index (χ3n) is 5.19. The van der Waals surface area contributed by atoms with Crippen LogP contribution < -0.4 is 0 Å². The van der Waals surface area contributed by atoms with Gasteiger partial charge in [-0.05, 0) is 37.6 Å². The predicted octanol–water partition coefficient (Wildman–Crippen LogP) is 4.39. The fourth-order valence-corrected chi connectivity index (χ4v) is 3.86. The van der Waals surface area contributed by atoms with Gasteiger partial charge in [0.1, 0.15) is 17.6 Å². The first kappa shape index (κ1) is 15.3. The van der Waals surface area contributed by atoms with Crippen molar-refractivity contribution in [1.82, 2.24) is 4.90 Å². The average Bonchev–Trinajstić information content (AvgIpc) is 2.62. The number of hydrogen-bond acceptors (Lipinski definition) is 3. The lowest BCUT2D eigenvalue weighted by molar-refractivity contribution is 0.140. The molecule has 0 fully saturated rings. The van der Waals surface area contributed by atoms with Crippen molar-refractivity contribution >= 4 is 5.71 Å². The Balaban J connectivity index is 1.74. The average molecular weight is 320 g/mol. The van der Waals surface area contributed by atoms with Crippen LogP contribution in [0.25, 0.3) is 0 Å². The number of aliphatic imine (C=N–C) groups is 1. The summed E-state index contributed by atoms with van der Waals surface area (Å²) in [6.45, 7) is 8.67. The summed E-state index contributed by atoms with van der Waals surface area (Å²) < 4.78 is 6.39. The molecule has 3 nitrogen and oxygen atoms in total. The van der Waals surface area contributed by atoms with Crippen LogP contribution >= 0.6 is 0 Å². The van der Waals surface area contributed by atoms with Crippen LogP contribution in [0.3, 0.4) is 0 Å². The van der Waals surface area contributed by atoms with Gasteiger partial charge in [-0.1, -0.05) is 31.2 Å². The number of hydrogen-bond donors (Lipinski definition) is 0. The van der Waals surface area contributed by atoms with E-state index in [1.165, 1.54) is 16.8 Å². The molecule has 3 heteroatoms. The Morgan fingerprint density at radius 1 is 1.17 bits per heavy atom. The van der Waals surface area contributed by atoms with Gasteiger partial charge in [-0.15, -0.1) is 0 Å². The maximum atomic E-state index is 6.39. The quantitative estimate of drug-likeness (QED) is 0.825. The van der Waals surface area contributed by atoms with E-state index in [-0.39, 0.29) is 6.10 Å². The van der Waals surface area contributed by atoms with Gasteiger partial charge >= 0.3 is 0 Å². The van der Waals surface area contributed by atoms with Gasteiger partial charge in [0.2, 0.25) is 0 Å². The molecular formula is C21H24N2O. The Morgan fingerprint density at radius 3 is 2.75 bits per heavy atom. The molecule has 0 aromatic heterocycles. The van der Waals surface area contributed by atoms with Crippen LogP contribution in [0.15, 0.2) is 64.6 Å². The van der Waals surface area contributed by atoms with Crippen LogP contribution in [0.2, 0.25) is 0 Å². The minimum atomic E-state index is 0.0399. The van der Waals surface area contributed by atoms with Crippen molar-refractivity contribution in [1.29, 1.82) is 0 Å². The highest BCUT2D eigenvalue weighted by Crippen LogP contribution is 2.38. The van der Waals surface area contributed by atoms with Gasteiger partial charge in [0.25, 0.3) is 0 Å². The molecule has 1 aromatic rings. The standard InChI is InChI=1S/C21H24N2O/c1-4-23(5-2)15-10-11-18-19(13-15)24-20-12-14(3)16-8-6-7-9-17(16)21(20)22-18/h6-12,14,19H,4-5,13H2,1-3H3. The second kappa shape index (κ2) is 5.97. The molecule has 2 unspecified atom stereocenters. The molecular weight excluding hydrogens is 296 g/mol. The van der Waals surface area contributed by atoms with Crippen LogP contribution in [-0.2, 0) is 4.74 Å². The molecule has 0 radical (unpaired) electrons. The number of rotatable bonds is 3. The lowest BCUT2D eigenvalue weighted by Gasteiger charge is -2.35. The summed E-state index contributed by atoms with van der Waals surface area (Å²) in [5, 5.41) is 0. The van der Waals surface area contributed by atoms with E-state index in [0.717, 1.165) is 36.7 Å². The minimum absolute atomic E-state index is 0.0399.